The molecule has 0 aromatic carbocycles. The van der Waals surface area contributed by atoms with Gasteiger partial charge in [0.15, 0.2) is 0 Å². The van der Waals surface area contributed by atoms with Crippen LogP contribution in [0.25, 0.3) is 0 Å². The summed E-state index contributed by atoms with van der Waals surface area (Å²) in [7, 11) is 0. The first-order valence-electron chi connectivity index (χ1n) is 3.72. The first-order valence-corrected chi connectivity index (χ1v) is 4.10. The summed E-state index contributed by atoms with van der Waals surface area (Å²) >= 11 is 5.61. The first kappa shape index (κ1) is 9.29. The molecule has 1 rings (SSSR count). The molecule has 3 N–H and O–H groups in total. The van der Waals surface area contributed by atoms with Gasteiger partial charge in [-0.05, 0) is 25.0 Å². The van der Waals surface area contributed by atoms with Gasteiger partial charge in [0.1, 0.15) is 5.02 Å². The van der Waals surface area contributed by atoms with E-state index in [9.17, 15) is 4.79 Å². The van der Waals surface area contributed by atoms with E-state index in [2.05, 4.69) is 4.98 Å². The minimum Gasteiger partial charge on any atom is -0.328 e. The van der Waals surface area contributed by atoms with E-state index < -0.39 is 0 Å². The lowest BCUT2D eigenvalue weighted by molar-refractivity contribution is 0.735. The molecule has 0 saturated carbocycles. The second kappa shape index (κ2) is 3.74. The molecular weight excluding hydrogens is 176 g/mol. The lowest BCUT2D eigenvalue weighted by Gasteiger charge is -2.03. The van der Waals surface area contributed by atoms with Gasteiger partial charge in [0.05, 0.1) is 0 Å². The van der Waals surface area contributed by atoms with E-state index in [-0.39, 0.29) is 16.6 Å². The zero-order chi connectivity index (χ0) is 9.14. The summed E-state index contributed by atoms with van der Waals surface area (Å²) in [6, 6.07) is 1.72. The molecule has 1 unspecified atom stereocenters. The third kappa shape index (κ3) is 2.36. The fourth-order valence-electron chi connectivity index (χ4n) is 0.987. The van der Waals surface area contributed by atoms with Crippen molar-refractivity contribution in [1.82, 2.24) is 4.98 Å². The van der Waals surface area contributed by atoms with Gasteiger partial charge in [0, 0.05) is 12.2 Å². The van der Waals surface area contributed by atoms with E-state index in [0.29, 0.717) is 0 Å². The van der Waals surface area contributed by atoms with E-state index in [0.717, 1.165) is 12.0 Å². The maximum Gasteiger partial charge on any atom is 0.266 e. The molecule has 0 saturated heterocycles. The quantitative estimate of drug-likeness (QED) is 0.722. The molecule has 1 atom stereocenters. The fraction of sp³-hybridized carbons (Fsp3) is 0.375. The minimum atomic E-state index is -0.259. The van der Waals surface area contributed by atoms with Crippen LogP contribution in [-0.2, 0) is 6.42 Å². The van der Waals surface area contributed by atoms with E-state index in [1.807, 2.05) is 6.92 Å². The molecule has 0 fully saturated rings. The molecule has 0 radical (unpaired) electrons. The lowest BCUT2D eigenvalue weighted by atomic mass is 10.1. The van der Waals surface area contributed by atoms with Gasteiger partial charge < -0.3 is 10.7 Å². The predicted octanol–water partition coefficient (Wildman–Crippen LogP) is 0.918. The van der Waals surface area contributed by atoms with Crippen molar-refractivity contribution >= 4 is 11.6 Å². The molecule has 0 bridgehead atoms. The molecular formula is C8H11ClN2O. The van der Waals surface area contributed by atoms with Gasteiger partial charge in [0.2, 0.25) is 0 Å². The van der Waals surface area contributed by atoms with Crippen LogP contribution in [0.3, 0.4) is 0 Å². The summed E-state index contributed by atoms with van der Waals surface area (Å²) in [6.45, 7) is 1.90. The van der Waals surface area contributed by atoms with Gasteiger partial charge in [-0.25, -0.2) is 0 Å². The van der Waals surface area contributed by atoms with Crippen molar-refractivity contribution < 1.29 is 0 Å². The number of nitrogens with one attached hydrogen (secondary N) is 1. The molecule has 1 heterocycles. The van der Waals surface area contributed by atoms with Gasteiger partial charge in [-0.2, -0.15) is 0 Å². The Hall–Kier alpha value is -0.800. The largest absolute Gasteiger partial charge is 0.328 e. The maximum absolute atomic E-state index is 10.8. The van der Waals surface area contributed by atoms with Crippen molar-refractivity contribution in [2.24, 2.45) is 5.73 Å². The van der Waals surface area contributed by atoms with E-state index in [1.165, 1.54) is 0 Å². The molecule has 4 heteroatoms. The second-order valence-corrected chi connectivity index (χ2v) is 3.27. The molecule has 0 aliphatic heterocycles. The first-order chi connectivity index (χ1) is 5.59. The van der Waals surface area contributed by atoms with Crippen LogP contribution in [0.5, 0.6) is 0 Å². The SMILES string of the molecule is CC(N)Cc1c[nH]c(=O)c(Cl)c1. The smallest absolute Gasteiger partial charge is 0.266 e. The van der Waals surface area contributed by atoms with Gasteiger partial charge in [-0.3, -0.25) is 4.79 Å². The van der Waals surface area contributed by atoms with Crippen molar-refractivity contribution in [3.05, 3.63) is 33.2 Å². The molecule has 1 aromatic rings. The van der Waals surface area contributed by atoms with E-state index in [1.54, 1.807) is 12.3 Å². The molecule has 0 spiro atoms. The van der Waals surface area contributed by atoms with Crippen LogP contribution < -0.4 is 11.3 Å². The van der Waals surface area contributed by atoms with Crippen molar-refractivity contribution in [3.63, 3.8) is 0 Å². The summed E-state index contributed by atoms with van der Waals surface area (Å²) in [5.41, 5.74) is 6.27. The van der Waals surface area contributed by atoms with Crippen LogP contribution in [-0.4, -0.2) is 11.0 Å². The number of rotatable bonds is 2. The van der Waals surface area contributed by atoms with Crippen molar-refractivity contribution in [3.8, 4) is 0 Å². The van der Waals surface area contributed by atoms with Crippen molar-refractivity contribution in [2.45, 2.75) is 19.4 Å². The number of aromatic amines is 1. The highest BCUT2D eigenvalue weighted by molar-refractivity contribution is 6.30. The third-order valence-corrected chi connectivity index (χ3v) is 1.76. The molecule has 3 nitrogen and oxygen atoms in total. The number of hydrogen-bond acceptors (Lipinski definition) is 2. The topological polar surface area (TPSA) is 58.9 Å². The molecule has 0 aliphatic carbocycles. The number of nitrogens with two attached hydrogens (primary N) is 1. The van der Waals surface area contributed by atoms with Crippen LogP contribution >= 0.6 is 11.6 Å². The van der Waals surface area contributed by atoms with Gasteiger partial charge in [-0.1, -0.05) is 11.6 Å². The van der Waals surface area contributed by atoms with Crippen LogP contribution in [0.2, 0.25) is 5.02 Å². The van der Waals surface area contributed by atoms with Gasteiger partial charge in [-0.15, -0.1) is 0 Å². The Morgan fingerprint density at radius 3 is 2.92 bits per heavy atom. The monoisotopic (exact) mass is 186 g/mol. The number of H-pyrrole nitrogens is 1. The molecule has 12 heavy (non-hydrogen) atoms. The Morgan fingerprint density at radius 2 is 2.42 bits per heavy atom. The van der Waals surface area contributed by atoms with Crippen molar-refractivity contribution in [1.29, 1.82) is 0 Å². The molecule has 0 amide bonds. The highest BCUT2D eigenvalue weighted by Crippen LogP contribution is 2.05. The summed E-state index contributed by atoms with van der Waals surface area (Å²) in [5, 5.41) is 0.216. The average Bonchev–Trinajstić information content (AvgIpc) is 1.96. The Bertz CT molecular complexity index is 319. The van der Waals surface area contributed by atoms with Gasteiger partial charge in [0.25, 0.3) is 5.56 Å². The van der Waals surface area contributed by atoms with Crippen LogP contribution in [0.15, 0.2) is 17.1 Å². The number of pyridine rings is 1. The van der Waals surface area contributed by atoms with Crippen LogP contribution in [0.1, 0.15) is 12.5 Å². The normalized spacial score (nSPS) is 12.9. The maximum atomic E-state index is 10.8. The average molecular weight is 187 g/mol. The predicted molar refractivity (Wildman–Crippen MR) is 49.4 cm³/mol. The summed E-state index contributed by atoms with van der Waals surface area (Å²) < 4.78 is 0. The summed E-state index contributed by atoms with van der Waals surface area (Å²) in [5.74, 6) is 0. The van der Waals surface area contributed by atoms with E-state index in [4.69, 9.17) is 17.3 Å². The Kier molecular flexibility index (Phi) is 2.89. The van der Waals surface area contributed by atoms with Crippen LogP contribution in [0.4, 0.5) is 0 Å². The Balaban J connectivity index is 2.90. The summed E-state index contributed by atoms with van der Waals surface area (Å²) in [6.07, 6.45) is 2.36. The zero-order valence-electron chi connectivity index (χ0n) is 6.80. The molecule has 0 aliphatic rings. The van der Waals surface area contributed by atoms with E-state index >= 15 is 0 Å². The lowest BCUT2D eigenvalue weighted by Crippen LogP contribution is -2.18. The minimum absolute atomic E-state index is 0.0759. The number of aromatic nitrogens is 1. The number of halogens is 1. The third-order valence-electron chi connectivity index (χ3n) is 1.48. The molecule has 1 aromatic heterocycles. The molecule has 66 valence electrons. The highest BCUT2D eigenvalue weighted by atomic mass is 35.5. The Morgan fingerprint density at radius 1 is 1.75 bits per heavy atom. The number of hydrogen-bond donors (Lipinski definition) is 2. The Labute approximate surface area is 75.6 Å². The van der Waals surface area contributed by atoms with Crippen molar-refractivity contribution in [2.75, 3.05) is 0 Å². The van der Waals surface area contributed by atoms with Gasteiger partial charge >= 0.3 is 0 Å². The highest BCUT2D eigenvalue weighted by Gasteiger charge is 2.00. The second-order valence-electron chi connectivity index (χ2n) is 2.87. The summed E-state index contributed by atoms with van der Waals surface area (Å²) in [4.78, 5) is 13.4. The fourth-order valence-corrected chi connectivity index (χ4v) is 1.18. The zero-order valence-corrected chi connectivity index (χ0v) is 7.56. The standard InChI is InChI=1S/C8H11ClN2O/c1-5(10)2-6-3-7(9)8(12)11-4-6/h3-5H,2,10H2,1H3,(H,11,12). The van der Waals surface area contributed by atoms with Crippen LogP contribution in [0, 0.1) is 0 Å².